The van der Waals surface area contributed by atoms with Gasteiger partial charge in [0.2, 0.25) is 23.5 Å². The van der Waals surface area contributed by atoms with Gasteiger partial charge in [-0.1, -0.05) is 9.97 Å². The molecule has 27 nitrogen and oxygen atoms in total. The predicted octanol–water partition coefficient (Wildman–Crippen LogP) is -5.55. The molecule has 6 heterocycles. The van der Waals surface area contributed by atoms with Crippen LogP contribution in [-0.4, -0.2) is 109 Å². The zero-order chi connectivity index (χ0) is 39.7. The number of aryl methyl sites for hydroxylation is 2. The fourth-order valence-electron chi connectivity index (χ4n) is 6.01. The summed E-state index contributed by atoms with van der Waals surface area (Å²) in [5.74, 6) is -0.508. The standard InChI is InChI=1S/C23H32BN10O17P3/c1-31-6-33(16-10(31)18(38)29-22(25)27-16)20-14(37)12(35)8(48-20)4-46-53(41,42)50-52(24,40)51-54(43,44)47-5-9-13(36)15(45-3)21(49-9)34-7-32(2)11-17(34)28-23(26)30-19(11)39/h6-9,12-15,20-21,35-37H,4-5H2,1-3H3,(H6-2,25,26,27,28,29,30,38,39,41,42,43,44)/q-1/t8-,9-,12-,13-,14-,15-,20-,21-,52?/m1/s1. The Morgan fingerprint density at radius 1 is 0.833 bits per heavy atom. The van der Waals surface area contributed by atoms with E-state index in [1.807, 2.05) is 0 Å². The number of nitrogens with one attached hydrogen (secondary N) is 2. The number of fused-ring (bicyclic) bond motifs is 2. The summed E-state index contributed by atoms with van der Waals surface area (Å²) < 4.78 is 77.1. The van der Waals surface area contributed by atoms with Crippen LogP contribution in [-0.2, 0) is 59.7 Å². The van der Waals surface area contributed by atoms with Gasteiger partial charge in [-0.3, -0.25) is 46.4 Å². The number of ether oxygens (including phenoxy) is 3. The summed E-state index contributed by atoms with van der Waals surface area (Å²) in [6, 6.07) is 0. The molecule has 9 N–H and O–H groups in total. The molecule has 0 bridgehead atoms. The summed E-state index contributed by atoms with van der Waals surface area (Å²) in [7, 11) is -7.84. The molecule has 2 saturated heterocycles. The summed E-state index contributed by atoms with van der Waals surface area (Å²) >= 11 is 0. The van der Waals surface area contributed by atoms with E-state index in [4.69, 9.17) is 33.2 Å². The van der Waals surface area contributed by atoms with E-state index in [9.17, 15) is 48.4 Å². The molecule has 0 amide bonds. The Labute approximate surface area is 302 Å². The third-order valence-electron chi connectivity index (χ3n) is 8.27. The zero-order valence-electron chi connectivity index (χ0n) is 28.0. The summed E-state index contributed by atoms with van der Waals surface area (Å²) in [4.78, 5) is 62.6. The lowest BCUT2D eigenvalue weighted by Crippen LogP contribution is -2.47. The van der Waals surface area contributed by atoms with Crippen LogP contribution in [0.2, 0.25) is 0 Å². The maximum Gasteiger partial charge on any atom is 0.313 e. The smallest absolute Gasteiger partial charge is 0.313 e. The highest BCUT2D eigenvalue weighted by Crippen LogP contribution is 2.65. The summed E-state index contributed by atoms with van der Waals surface area (Å²) in [6.07, 6.45) is -9.42. The number of imidazole rings is 2. The second-order valence-corrected chi connectivity index (χ2v) is 16.7. The van der Waals surface area contributed by atoms with E-state index in [2.05, 4.69) is 37.6 Å². The van der Waals surface area contributed by atoms with Gasteiger partial charge in [-0.25, -0.2) is 9.13 Å². The third kappa shape index (κ3) is 7.82. The first-order valence-corrected chi connectivity index (χ1v) is 19.8. The van der Waals surface area contributed by atoms with E-state index in [1.165, 1.54) is 47.6 Å². The van der Waals surface area contributed by atoms with Crippen LogP contribution in [0.15, 0.2) is 22.2 Å². The number of nitrogens with zero attached hydrogens (tertiary/aromatic N) is 6. The molecule has 31 heteroatoms. The monoisotopic (exact) mass is 824 g/mol. The molecule has 2 fully saturated rings. The molecule has 3 unspecified atom stereocenters. The Morgan fingerprint density at radius 3 is 1.72 bits per heavy atom. The summed E-state index contributed by atoms with van der Waals surface area (Å²) in [5, 5.41) is 32.0. The largest absolute Gasteiger partial charge is 0.756 e. The molecule has 4 aromatic rings. The van der Waals surface area contributed by atoms with Crippen molar-refractivity contribution in [2.75, 3.05) is 31.8 Å². The maximum atomic E-state index is 12.7. The van der Waals surface area contributed by atoms with Gasteiger partial charge in [0.05, 0.1) is 34.8 Å². The van der Waals surface area contributed by atoms with Crippen LogP contribution in [0.5, 0.6) is 0 Å². The zero-order valence-corrected chi connectivity index (χ0v) is 30.7. The van der Waals surface area contributed by atoms with Crippen LogP contribution in [0, 0.1) is 0 Å². The Bertz CT molecular complexity index is 2350. The molecule has 6 rings (SSSR count). The first-order valence-electron chi connectivity index (χ1n) is 15.2. The van der Waals surface area contributed by atoms with Crippen LogP contribution < -0.4 is 41.5 Å². The number of rotatable bonds is 13. The second kappa shape index (κ2) is 14.6. The van der Waals surface area contributed by atoms with E-state index in [-0.39, 0.29) is 34.2 Å². The van der Waals surface area contributed by atoms with Crippen LogP contribution >= 0.6 is 23.1 Å². The lowest BCUT2D eigenvalue weighted by molar-refractivity contribution is -0.746. The molecule has 0 aromatic carbocycles. The molecular formula is C23H32BN10O17P3-. The fourth-order valence-corrected chi connectivity index (χ4v) is 9.67. The lowest BCUT2D eigenvalue weighted by atomic mass is 10.1. The number of hydrogen-bond donors (Lipinski definition) is 7. The second-order valence-electron chi connectivity index (χ2n) is 12.0. The quantitative estimate of drug-likeness (QED) is 0.0375. The molecular weight excluding hydrogens is 792 g/mol. The number of nitrogen functional groups attached to an aromatic ring is 2. The Balaban J connectivity index is 1.06. The van der Waals surface area contributed by atoms with Gasteiger partial charge >= 0.3 is 11.3 Å². The highest BCUT2D eigenvalue weighted by molar-refractivity contribution is 7.86. The first kappa shape index (κ1) is 40.2. The van der Waals surface area contributed by atoms with Crippen molar-refractivity contribution in [2.45, 2.75) is 49.1 Å². The minimum atomic E-state index is -5.83. The van der Waals surface area contributed by atoms with Crippen molar-refractivity contribution in [1.29, 1.82) is 0 Å². The Hall–Kier alpha value is -3.43. The molecule has 295 valence electrons. The average Bonchev–Trinajstić information content (AvgIpc) is 3.74. The third-order valence-corrected chi connectivity index (χ3v) is 12.6. The molecule has 11 atom stereocenters. The average molecular weight is 824 g/mol. The SMILES string of the molecule is [B-]P(=O)(OP(=O)([O-])OC[C@H]1O[C@@H]([n+]2cn(C)c3c(=O)[nH]c(N)nc32)[C@H](O)[C@@H]1O)OP(=O)([O-])OC[C@H]1O[C@@H]([n+]2cn(C)c3c(=O)[nH]c(N)nc32)[C@H](OC)[C@@H]1O. The maximum absolute atomic E-state index is 12.7. The number of methoxy groups -OCH3 is 1. The van der Waals surface area contributed by atoms with Gasteiger partial charge in [-0.05, 0) is 0 Å². The van der Waals surface area contributed by atoms with Crippen molar-refractivity contribution in [2.24, 2.45) is 14.1 Å². The van der Waals surface area contributed by atoms with Crippen molar-refractivity contribution >= 4 is 64.9 Å². The topological polar surface area (TPSA) is 384 Å². The Morgan fingerprint density at radius 2 is 1.26 bits per heavy atom. The van der Waals surface area contributed by atoms with Crippen molar-refractivity contribution < 1.29 is 79.8 Å². The number of phosphoric ester groups is 2. The normalized spacial score (nSPS) is 29.4. The Kier molecular flexibility index (Phi) is 10.9. The molecule has 2 aliphatic rings. The van der Waals surface area contributed by atoms with Crippen molar-refractivity contribution in [3.8, 4) is 0 Å². The molecule has 3 radical (unpaired) electrons. The highest BCUT2D eigenvalue weighted by atomic mass is 31.3. The molecule has 54 heavy (non-hydrogen) atoms. The van der Waals surface area contributed by atoms with Crippen molar-refractivity contribution in [3.63, 3.8) is 0 Å². The number of aromatic amines is 2. The molecule has 0 aliphatic carbocycles. The van der Waals surface area contributed by atoms with Gasteiger partial charge in [-0.15, -0.1) is 0 Å². The number of aliphatic hydroxyl groups is 3. The molecule has 4 aromatic heterocycles. The number of aromatic nitrogens is 8. The van der Waals surface area contributed by atoms with Gasteiger partial charge in [-0.2, -0.15) is 0 Å². The van der Waals surface area contributed by atoms with Gasteiger partial charge < -0.3 is 72.0 Å². The van der Waals surface area contributed by atoms with Crippen LogP contribution in [0.3, 0.4) is 0 Å². The summed E-state index contributed by atoms with van der Waals surface area (Å²) in [6.45, 7) is -2.11. The number of phosphoric acid groups is 2. The minimum Gasteiger partial charge on any atom is -0.756 e. The van der Waals surface area contributed by atoms with E-state index < -0.39 is 96.5 Å². The van der Waals surface area contributed by atoms with E-state index in [0.29, 0.717) is 0 Å². The lowest BCUT2D eigenvalue weighted by Gasteiger charge is -2.37. The van der Waals surface area contributed by atoms with Crippen LogP contribution in [0.4, 0.5) is 11.9 Å². The van der Waals surface area contributed by atoms with Crippen LogP contribution in [0.1, 0.15) is 12.5 Å². The number of H-pyrrole nitrogens is 2. The number of anilines is 2. The molecule has 0 spiro atoms. The van der Waals surface area contributed by atoms with Crippen LogP contribution in [0.25, 0.3) is 22.3 Å². The number of aliphatic hydroxyl groups excluding tert-OH is 3. The predicted molar refractivity (Wildman–Crippen MR) is 171 cm³/mol. The molecule has 2 aliphatic heterocycles. The van der Waals surface area contributed by atoms with E-state index >= 15 is 0 Å². The number of hydrogen-bond acceptors (Lipinski definition) is 21. The van der Waals surface area contributed by atoms with Crippen molar-refractivity contribution in [3.05, 3.63) is 33.4 Å². The van der Waals surface area contributed by atoms with E-state index in [0.717, 1.165) is 4.57 Å². The van der Waals surface area contributed by atoms with Crippen molar-refractivity contribution in [1.82, 2.24) is 29.1 Å². The van der Waals surface area contributed by atoms with Gasteiger partial charge in [0, 0.05) is 7.11 Å². The highest BCUT2D eigenvalue weighted by Gasteiger charge is 2.49. The molecule has 0 saturated carbocycles. The van der Waals surface area contributed by atoms with Gasteiger partial charge in [0.15, 0.2) is 12.7 Å². The number of nitrogens with two attached hydrogens (primary N) is 2. The first-order chi connectivity index (χ1) is 25.1. The summed E-state index contributed by atoms with van der Waals surface area (Å²) in [5.41, 5.74) is 10.1. The van der Waals surface area contributed by atoms with Gasteiger partial charge in [0.1, 0.15) is 36.6 Å². The minimum absolute atomic E-state index is 0.0163. The van der Waals surface area contributed by atoms with Gasteiger partial charge in [0.25, 0.3) is 38.7 Å². The van der Waals surface area contributed by atoms with E-state index in [1.54, 1.807) is 0 Å². The fraction of sp³-hybridized carbons (Fsp3) is 0.565.